The van der Waals surface area contributed by atoms with Crippen molar-refractivity contribution in [3.63, 3.8) is 0 Å². The Hall–Kier alpha value is -0.583. The summed E-state index contributed by atoms with van der Waals surface area (Å²) in [7, 11) is -1.64. The van der Waals surface area contributed by atoms with Crippen molar-refractivity contribution in [3.8, 4) is 0 Å². The standard InChI is InChI=1S/C17H32O3Si/c1-17(2,3)21(4,5)20-13-11-9-7-6-8-10-12-16-18-14-15-19-16/h6-7,11,13,16H,8-10,12,14-15H2,1-5H3/b7-6+,13-11+. The molecule has 0 radical (unpaired) electrons. The van der Waals surface area contributed by atoms with E-state index in [1.165, 1.54) is 0 Å². The van der Waals surface area contributed by atoms with Gasteiger partial charge < -0.3 is 13.9 Å². The van der Waals surface area contributed by atoms with Gasteiger partial charge in [0.25, 0.3) is 0 Å². The Bertz CT molecular complexity index is 336. The second-order valence-corrected chi connectivity index (χ2v) is 11.8. The molecule has 0 saturated carbocycles. The van der Waals surface area contributed by atoms with Crippen molar-refractivity contribution in [2.24, 2.45) is 0 Å². The number of allylic oxidation sites excluding steroid dienone is 3. The highest BCUT2D eigenvalue weighted by Gasteiger charge is 2.37. The molecule has 0 atom stereocenters. The minimum absolute atomic E-state index is 0.0382. The maximum Gasteiger partial charge on any atom is 0.249 e. The summed E-state index contributed by atoms with van der Waals surface area (Å²) in [5.41, 5.74) is 0. The molecular weight excluding hydrogens is 280 g/mol. The predicted octanol–water partition coefficient (Wildman–Crippen LogP) is 5.01. The summed E-state index contributed by atoms with van der Waals surface area (Å²) < 4.78 is 16.8. The highest BCUT2D eigenvalue weighted by molar-refractivity contribution is 6.74. The van der Waals surface area contributed by atoms with E-state index >= 15 is 0 Å². The van der Waals surface area contributed by atoms with E-state index in [2.05, 4.69) is 52.1 Å². The fourth-order valence-corrected chi connectivity index (χ4v) is 2.51. The number of rotatable bonds is 8. The first-order valence-corrected chi connectivity index (χ1v) is 10.9. The fraction of sp³-hybridized carbons (Fsp3) is 0.765. The first-order valence-electron chi connectivity index (χ1n) is 8.04. The molecule has 0 unspecified atom stereocenters. The molecule has 3 nitrogen and oxygen atoms in total. The van der Waals surface area contributed by atoms with Gasteiger partial charge in [-0.05, 0) is 49.9 Å². The maximum absolute atomic E-state index is 5.98. The van der Waals surface area contributed by atoms with E-state index in [1.54, 1.807) is 0 Å². The third-order valence-electron chi connectivity index (χ3n) is 4.21. The van der Waals surface area contributed by atoms with Crippen LogP contribution >= 0.6 is 0 Å². The number of hydrogen-bond donors (Lipinski definition) is 0. The average Bonchev–Trinajstić information content (AvgIpc) is 2.88. The Morgan fingerprint density at radius 2 is 1.76 bits per heavy atom. The molecule has 0 N–H and O–H groups in total. The van der Waals surface area contributed by atoms with E-state index in [9.17, 15) is 0 Å². The smallest absolute Gasteiger partial charge is 0.249 e. The molecule has 1 rings (SSSR count). The summed E-state index contributed by atoms with van der Waals surface area (Å²) in [5.74, 6) is 0. The van der Waals surface area contributed by atoms with Crippen LogP contribution in [0.15, 0.2) is 24.5 Å². The fourth-order valence-electron chi connectivity index (χ4n) is 1.72. The van der Waals surface area contributed by atoms with Crippen LogP contribution < -0.4 is 0 Å². The lowest BCUT2D eigenvalue weighted by Crippen LogP contribution is -2.39. The van der Waals surface area contributed by atoms with Crippen molar-refractivity contribution < 1.29 is 13.9 Å². The molecule has 0 aliphatic carbocycles. The van der Waals surface area contributed by atoms with Crippen LogP contribution in [-0.4, -0.2) is 27.8 Å². The Morgan fingerprint density at radius 1 is 1.10 bits per heavy atom. The summed E-state index contributed by atoms with van der Waals surface area (Å²) in [6.07, 6.45) is 12.6. The molecule has 1 aliphatic heterocycles. The van der Waals surface area contributed by atoms with Crippen LogP contribution in [0.2, 0.25) is 18.1 Å². The summed E-state index contributed by atoms with van der Waals surface area (Å²) in [4.78, 5) is 0. The van der Waals surface area contributed by atoms with Gasteiger partial charge in [0.1, 0.15) is 0 Å². The Balaban J connectivity index is 2.07. The Kier molecular flexibility index (Phi) is 7.70. The number of unbranched alkanes of at least 4 members (excludes halogenated alkanes) is 1. The molecule has 1 aliphatic rings. The molecule has 0 bridgehead atoms. The SMILES string of the molecule is CC(C)(C)[Si](C)(C)O/C=C/C/C=C/CCCC1OCCO1. The Labute approximate surface area is 131 Å². The van der Waals surface area contributed by atoms with E-state index in [4.69, 9.17) is 13.9 Å². The van der Waals surface area contributed by atoms with Crippen molar-refractivity contribution >= 4 is 8.32 Å². The quantitative estimate of drug-likeness (QED) is 0.273. The van der Waals surface area contributed by atoms with Gasteiger partial charge in [-0.3, -0.25) is 0 Å². The third-order valence-corrected chi connectivity index (χ3v) is 8.54. The molecule has 1 heterocycles. The van der Waals surface area contributed by atoms with Gasteiger partial charge in [0.15, 0.2) is 6.29 Å². The lowest BCUT2D eigenvalue weighted by atomic mass is 10.2. The zero-order chi connectivity index (χ0) is 15.8. The second-order valence-electron chi connectivity index (χ2n) is 7.06. The van der Waals surface area contributed by atoms with Gasteiger partial charge in [0, 0.05) is 0 Å². The van der Waals surface area contributed by atoms with E-state index in [-0.39, 0.29) is 11.3 Å². The zero-order valence-electron chi connectivity index (χ0n) is 14.4. The van der Waals surface area contributed by atoms with Crippen molar-refractivity contribution in [2.75, 3.05) is 13.2 Å². The lowest BCUT2D eigenvalue weighted by Gasteiger charge is -2.34. The average molecular weight is 313 g/mol. The van der Waals surface area contributed by atoms with E-state index in [1.807, 2.05) is 6.26 Å². The van der Waals surface area contributed by atoms with Crippen LogP contribution in [0.4, 0.5) is 0 Å². The number of ether oxygens (including phenoxy) is 2. The highest BCUT2D eigenvalue weighted by atomic mass is 28.4. The van der Waals surface area contributed by atoms with Crippen LogP contribution in [0.25, 0.3) is 0 Å². The zero-order valence-corrected chi connectivity index (χ0v) is 15.4. The molecule has 0 aromatic heterocycles. The van der Waals surface area contributed by atoms with E-state index in [0.717, 1.165) is 38.9 Å². The summed E-state index contributed by atoms with van der Waals surface area (Å²) in [6.45, 7) is 12.8. The monoisotopic (exact) mass is 312 g/mol. The summed E-state index contributed by atoms with van der Waals surface area (Å²) >= 11 is 0. The van der Waals surface area contributed by atoms with Gasteiger partial charge in [-0.15, -0.1) is 0 Å². The van der Waals surface area contributed by atoms with Crippen molar-refractivity contribution in [1.82, 2.24) is 0 Å². The molecule has 4 heteroatoms. The van der Waals surface area contributed by atoms with Gasteiger partial charge in [0.2, 0.25) is 8.32 Å². The molecule has 0 aromatic rings. The molecule has 0 amide bonds. The van der Waals surface area contributed by atoms with E-state index < -0.39 is 8.32 Å². The van der Waals surface area contributed by atoms with Crippen molar-refractivity contribution in [2.45, 2.75) is 70.9 Å². The molecule has 1 fully saturated rings. The van der Waals surface area contributed by atoms with Crippen molar-refractivity contribution in [1.29, 1.82) is 0 Å². The maximum atomic E-state index is 5.98. The molecular formula is C17H32O3Si. The van der Waals surface area contributed by atoms with Crippen LogP contribution in [0.3, 0.4) is 0 Å². The van der Waals surface area contributed by atoms with Crippen LogP contribution in [0.5, 0.6) is 0 Å². The molecule has 122 valence electrons. The molecule has 1 saturated heterocycles. The first kappa shape index (κ1) is 18.5. The second kappa shape index (κ2) is 8.76. The van der Waals surface area contributed by atoms with Gasteiger partial charge in [-0.1, -0.05) is 32.9 Å². The number of hydrogen-bond acceptors (Lipinski definition) is 3. The Morgan fingerprint density at radius 3 is 2.38 bits per heavy atom. The topological polar surface area (TPSA) is 27.7 Å². The minimum Gasteiger partial charge on any atom is -0.549 e. The largest absolute Gasteiger partial charge is 0.549 e. The minimum atomic E-state index is -1.64. The molecule has 0 spiro atoms. The summed E-state index contributed by atoms with van der Waals surface area (Å²) in [6, 6.07) is 0. The van der Waals surface area contributed by atoms with E-state index in [0.29, 0.717) is 0 Å². The summed E-state index contributed by atoms with van der Waals surface area (Å²) in [5, 5.41) is 0.261. The normalized spacial score (nSPS) is 18.1. The van der Waals surface area contributed by atoms with Crippen LogP contribution in [0.1, 0.15) is 46.5 Å². The van der Waals surface area contributed by atoms with Crippen LogP contribution in [0, 0.1) is 0 Å². The first-order chi connectivity index (χ1) is 9.83. The predicted molar refractivity (Wildman–Crippen MR) is 90.7 cm³/mol. The van der Waals surface area contributed by atoms with Gasteiger partial charge in [0.05, 0.1) is 19.5 Å². The van der Waals surface area contributed by atoms with Gasteiger partial charge >= 0.3 is 0 Å². The molecule has 21 heavy (non-hydrogen) atoms. The van der Waals surface area contributed by atoms with Gasteiger partial charge in [-0.2, -0.15) is 0 Å². The lowest BCUT2D eigenvalue weighted by molar-refractivity contribution is -0.0474. The van der Waals surface area contributed by atoms with Gasteiger partial charge in [-0.25, -0.2) is 0 Å². The third kappa shape index (κ3) is 7.29. The molecule has 0 aromatic carbocycles. The highest BCUT2D eigenvalue weighted by Crippen LogP contribution is 2.36. The van der Waals surface area contributed by atoms with Crippen molar-refractivity contribution in [3.05, 3.63) is 24.5 Å². The van der Waals surface area contributed by atoms with Crippen LogP contribution in [-0.2, 0) is 13.9 Å².